The molecule has 1 amide bonds. The zero-order valence-corrected chi connectivity index (χ0v) is 17.4. The second kappa shape index (κ2) is 9.86. The molecule has 6 nitrogen and oxygen atoms in total. The van der Waals surface area contributed by atoms with Crippen LogP contribution in [0.4, 0.5) is 25.3 Å². The highest BCUT2D eigenvalue weighted by atomic mass is 35.5. The summed E-state index contributed by atoms with van der Waals surface area (Å²) in [5.41, 5.74) is 1.88. The predicted molar refractivity (Wildman–Crippen MR) is 112 cm³/mol. The van der Waals surface area contributed by atoms with Crippen molar-refractivity contribution in [1.82, 2.24) is 10.2 Å². The normalized spacial score (nSPS) is 10.8. The van der Waals surface area contributed by atoms with Gasteiger partial charge in [0.25, 0.3) is 0 Å². The van der Waals surface area contributed by atoms with Gasteiger partial charge in [-0.1, -0.05) is 52.9 Å². The number of nitrogens with zero attached hydrogens (tertiary/aromatic N) is 2. The van der Waals surface area contributed by atoms with Crippen LogP contribution in [0, 0.1) is 6.92 Å². The van der Waals surface area contributed by atoms with Crippen LogP contribution < -0.4 is 15.4 Å². The van der Waals surface area contributed by atoms with Gasteiger partial charge in [-0.15, -0.1) is 10.2 Å². The van der Waals surface area contributed by atoms with Crippen molar-refractivity contribution >= 4 is 57.1 Å². The first-order valence-electron chi connectivity index (χ1n) is 8.24. The molecule has 0 saturated heterocycles. The molecule has 152 valence electrons. The first-order valence-corrected chi connectivity index (χ1v) is 10.4. The maximum atomic E-state index is 12.4. The number of hydrogen-bond acceptors (Lipinski definition) is 7. The number of thioether (sulfide) groups is 1. The summed E-state index contributed by atoms with van der Waals surface area (Å²) in [6.07, 6.45) is 0. The number of carbonyl (C=O) groups is 1. The van der Waals surface area contributed by atoms with E-state index >= 15 is 0 Å². The summed E-state index contributed by atoms with van der Waals surface area (Å²) in [7, 11) is 0. The number of aromatic nitrogens is 2. The Hall–Kier alpha value is -2.43. The first kappa shape index (κ1) is 21.3. The van der Waals surface area contributed by atoms with Gasteiger partial charge in [0.2, 0.25) is 11.0 Å². The lowest BCUT2D eigenvalue weighted by Crippen LogP contribution is -2.15. The van der Waals surface area contributed by atoms with Crippen molar-refractivity contribution in [1.29, 1.82) is 0 Å². The fourth-order valence-corrected chi connectivity index (χ4v) is 4.00. The molecule has 0 radical (unpaired) electrons. The molecule has 29 heavy (non-hydrogen) atoms. The molecule has 0 aliphatic rings. The van der Waals surface area contributed by atoms with Crippen LogP contribution in [-0.4, -0.2) is 28.5 Å². The molecule has 0 aliphatic carbocycles. The molecule has 0 fully saturated rings. The Kier molecular flexibility index (Phi) is 7.24. The van der Waals surface area contributed by atoms with Crippen molar-refractivity contribution < 1.29 is 18.3 Å². The number of hydrogen-bond donors (Lipinski definition) is 2. The zero-order chi connectivity index (χ0) is 20.8. The standard InChI is InChI=1S/C18H15ClF2N4O2S2/c1-10-11(19)5-4-7-12(10)23-17-24-25-18(29-17)28-9-15(26)22-13-6-2-3-8-14(13)27-16(20)21/h2-8,16H,9H2,1H3,(H,22,26)(H,23,24). The third-order valence-corrected chi connectivity index (χ3v) is 6.00. The summed E-state index contributed by atoms with van der Waals surface area (Å²) in [5, 5.41) is 15.0. The molecule has 0 unspecified atom stereocenters. The van der Waals surface area contributed by atoms with Crippen LogP contribution in [0.2, 0.25) is 5.02 Å². The van der Waals surface area contributed by atoms with Crippen molar-refractivity contribution in [2.75, 3.05) is 16.4 Å². The lowest BCUT2D eigenvalue weighted by Gasteiger charge is -2.11. The summed E-state index contributed by atoms with van der Waals surface area (Å²) >= 11 is 8.57. The number of para-hydroxylation sites is 2. The zero-order valence-electron chi connectivity index (χ0n) is 15.0. The minimum absolute atomic E-state index is 0.0356. The molecule has 3 aromatic rings. The number of benzene rings is 2. The molecule has 0 spiro atoms. The Morgan fingerprint density at radius 2 is 1.97 bits per heavy atom. The first-order chi connectivity index (χ1) is 13.9. The second-order valence-electron chi connectivity index (χ2n) is 5.62. The number of ether oxygens (including phenoxy) is 1. The molecular formula is C18H15ClF2N4O2S2. The predicted octanol–water partition coefficient (Wildman–Crippen LogP) is 5.58. The van der Waals surface area contributed by atoms with Crippen molar-refractivity contribution in [2.24, 2.45) is 0 Å². The van der Waals surface area contributed by atoms with E-state index in [1.807, 2.05) is 19.1 Å². The highest BCUT2D eigenvalue weighted by molar-refractivity contribution is 8.01. The molecule has 2 aromatic carbocycles. The maximum Gasteiger partial charge on any atom is 0.387 e. The highest BCUT2D eigenvalue weighted by Crippen LogP contribution is 2.31. The van der Waals surface area contributed by atoms with Gasteiger partial charge in [0.05, 0.1) is 11.4 Å². The fourth-order valence-electron chi connectivity index (χ4n) is 2.26. The van der Waals surface area contributed by atoms with Gasteiger partial charge < -0.3 is 15.4 Å². The van der Waals surface area contributed by atoms with Crippen LogP contribution in [0.5, 0.6) is 5.75 Å². The van der Waals surface area contributed by atoms with E-state index in [2.05, 4.69) is 25.6 Å². The quantitative estimate of drug-likeness (QED) is 0.431. The van der Waals surface area contributed by atoms with Gasteiger partial charge >= 0.3 is 6.61 Å². The second-order valence-corrected chi connectivity index (χ2v) is 8.23. The Balaban J connectivity index is 1.56. The summed E-state index contributed by atoms with van der Waals surface area (Å²) in [5.74, 6) is -0.441. The van der Waals surface area contributed by atoms with Crippen LogP contribution in [0.15, 0.2) is 46.8 Å². The molecule has 1 heterocycles. The van der Waals surface area contributed by atoms with Crippen LogP contribution in [0.3, 0.4) is 0 Å². The molecule has 0 bridgehead atoms. The number of halogens is 3. The fraction of sp³-hybridized carbons (Fsp3) is 0.167. The van der Waals surface area contributed by atoms with Gasteiger partial charge in [0, 0.05) is 10.7 Å². The van der Waals surface area contributed by atoms with Gasteiger partial charge in [-0.2, -0.15) is 8.78 Å². The van der Waals surface area contributed by atoms with E-state index in [0.717, 1.165) is 11.3 Å². The Labute approximate surface area is 178 Å². The average molecular weight is 457 g/mol. The molecule has 0 saturated carbocycles. The van der Waals surface area contributed by atoms with E-state index in [0.29, 0.717) is 14.5 Å². The van der Waals surface area contributed by atoms with E-state index in [1.54, 1.807) is 18.2 Å². The third kappa shape index (κ3) is 6.02. The molecule has 1 aromatic heterocycles. The van der Waals surface area contributed by atoms with Crippen molar-refractivity contribution in [3.63, 3.8) is 0 Å². The topological polar surface area (TPSA) is 76.1 Å². The van der Waals surface area contributed by atoms with E-state index in [-0.39, 0.29) is 23.1 Å². The van der Waals surface area contributed by atoms with Crippen LogP contribution in [0.25, 0.3) is 0 Å². The van der Waals surface area contributed by atoms with Gasteiger partial charge in [-0.25, -0.2) is 0 Å². The Morgan fingerprint density at radius 3 is 2.76 bits per heavy atom. The van der Waals surface area contributed by atoms with E-state index < -0.39 is 6.61 Å². The van der Waals surface area contributed by atoms with Crippen LogP contribution in [0.1, 0.15) is 5.56 Å². The van der Waals surface area contributed by atoms with Crippen molar-refractivity contribution in [2.45, 2.75) is 17.9 Å². The average Bonchev–Trinajstić information content (AvgIpc) is 3.12. The molecule has 0 atom stereocenters. The number of carbonyl (C=O) groups excluding carboxylic acids is 1. The van der Waals surface area contributed by atoms with Gasteiger partial charge in [-0.3, -0.25) is 4.79 Å². The molecule has 11 heteroatoms. The van der Waals surface area contributed by atoms with Gasteiger partial charge in [0.1, 0.15) is 5.75 Å². The summed E-state index contributed by atoms with van der Waals surface area (Å²) in [6, 6.07) is 11.5. The lowest BCUT2D eigenvalue weighted by molar-refractivity contribution is -0.113. The van der Waals surface area contributed by atoms with E-state index in [9.17, 15) is 13.6 Å². The number of alkyl halides is 2. The van der Waals surface area contributed by atoms with Crippen LogP contribution >= 0.6 is 34.7 Å². The molecule has 3 rings (SSSR count). The summed E-state index contributed by atoms with van der Waals surface area (Å²) < 4.78 is 29.9. The number of anilines is 3. The third-order valence-electron chi connectivity index (χ3n) is 3.62. The SMILES string of the molecule is Cc1c(Cl)cccc1Nc1nnc(SCC(=O)Nc2ccccc2OC(F)F)s1. The monoisotopic (exact) mass is 456 g/mol. The van der Waals surface area contributed by atoms with E-state index in [4.69, 9.17) is 11.6 Å². The Bertz CT molecular complexity index is 1000. The minimum atomic E-state index is -2.97. The number of amides is 1. The molecule has 2 N–H and O–H groups in total. The summed E-state index contributed by atoms with van der Waals surface area (Å²) in [6.45, 7) is -1.08. The van der Waals surface area contributed by atoms with E-state index in [1.165, 1.54) is 35.2 Å². The maximum absolute atomic E-state index is 12.4. The van der Waals surface area contributed by atoms with Crippen molar-refractivity contribution in [3.8, 4) is 5.75 Å². The number of nitrogens with one attached hydrogen (secondary N) is 2. The van der Waals surface area contributed by atoms with Gasteiger partial charge in [0.15, 0.2) is 4.34 Å². The molecular weight excluding hydrogens is 442 g/mol. The van der Waals surface area contributed by atoms with Crippen molar-refractivity contribution in [3.05, 3.63) is 53.1 Å². The lowest BCUT2D eigenvalue weighted by atomic mass is 10.2. The Morgan fingerprint density at radius 1 is 1.21 bits per heavy atom. The summed E-state index contributed by atoms with van der Waals surface area (Å²) in [4.78, 5) is 12.2. The minimum Gasteiger partial charge on any atom is -0.433 e. The highest BCUT2D eigenvalue weighted by Gasteiger charge is 2.13. The smallest absolute Gasteiger partial charge is 0.387 e. The molecule has 0 aliphatic heterocycles. The largest absolute Gasteiger partial charge is 0.433 e. The van der Waals surface area contributed by atoms with Crippen LogP contribution in [-0.2, 0) is 4.79 Å². The number of rotatable bonds is 8. The van der Waals surface area contributed by atoms with Gasteiger partial charge in [-0.05, 0) is 36.8 Å².